The van der Waals surface area contributed by atoms with Crippen molar-refractivity contribution in [3.05, 3.63) is 35.8 Å². The number of amidine groups is 1. The Morgan fingerprint density at radius 2 is 2.12 bits per heavy atom. The summed E-state index contributed by atoms with van der Waals surface area (Å²) in [6, 6.07) is 7.79. The quantitative estimate of drug-likeness (QED) is 0.770. The molecule has 86 valence electrons. The standard InChI is InChI=1S/C12H12N4O/c1-16-8-5-3-2-4-7(8)15-12(16)10-9(17)6-14-11(10)13/h2-5,17H,6H2,1H3,(H2,13,14). The van der Waals surface area contributed by atoms with Gasteiger partial charge in [0.1, 0.15) is 17.4 Å². The number of nitrogens with two attached hydrogens (primary N) is 1. The highest BCUT2D eigenvalue weighted by Crippen LogP contribution is 2.25. The number of para-hydroxylation sites is 2. The van der Waals surface area contributed by atoms with Gasteiger partial charge in [-0.1, -0.05) is 12.1 Å². The normalized spacial score (nSPS) is 15.7. The highest BCUT2D eigenvalue weighted by atomic mass is 16.3. The number of benzene rings is 1. The van der Waals surface area contributed by atoms with Crippen LogP contribution in [0.3, 0.4) is 0 Å². The number of aliphatic imine (C=N–C) groups is 1. The van der Waals surface area contributed by atoms with E-state index in [-0.39, 0.29) is 12.3 Å². The third kappa shape index (κ3) is 1.32. The first kappa shape index (κ1) is 9.89. The lowest BCUT2D eigenvalue weighted by Gasteiger charge is -2.04. The smallest absolute Gasteiger partial charge is 0.148 e. The van der Waals surface area contributed by atoms with E-state index in [1.54, 1.807) is 0 Å². The van der Waals surface area contributed by atoms with E-state index in [1.165, 1.54) is 0 Å². The maximum Gasteiger partial charge on any atom is 0.148 e. The molecule has 3 N–H and O–H groups in total. The molecule has 0 fully saturated rings. The average molecular weight is 228 g/mol. The molecule has 0 saturated heterocycles. The lowest BCUT2D eigenvalue weighted by molar-refractivity contribution is 0.410. The van der Waals surface area contributed by atoms with E-state index in [4.69, 9.17) is 5.73 Å². The van der Waals surface area contributed by atoms with Gasteiger partial charge in [-0.3, -0.25) is 4.99 Å². The number of aryl methyl sites for hydroxylation is 1. The summed E-state index contributed by atoms with van der Waals surface area (Å²) < 4.78 is 1.91. The summed E-state index contributed by atoms with van der Waals surface area (Å²) in [5.41, 5.74) is 8.20. The van der Waals surface area contributed by atoms with Gasteiger partial charge in [-0.25, -0.2) is 4.98 Å². The number of fused-ring (bicyclic) bond motifs is 1. The van der Waals surface area contributed by atoms with Gasteiger partial charge in [0.05, 0.1) is 23.2 Å². The monoisotopic (exact) mass is 228 g/mol. The van der Waals surface area contributed by atoms with Crippen LogP contribution < -0.4 is 5.73 Å². The number of rotatable bonds is 1. The van der Waals surface area contributed by atoms with Crippen LogP contribution in [0.2, 0.25) is 0 Å². The van der Waals surface area contributed by atoms with Crippen molar-refractivity contribution in [2.45, 2.75) is 0 Å². The maximum absolute atomic E-state index is 9.79. The largest absolute Gasteiger partial charge is 0.509 e. The highest BCUT2D eigenvalue weighted by molar-refractivity contribution is 6.23. The molecule has 0 saturated carbocycles. The highest BCUT2D eigenvalue weighted by Gasteiger charge is 2.23. The fourth-order valence-corrected chi connectivity index (χ4v) is 2.08. The molecule has 0 spiro atoms. The minimum atomic E-state index is 0.181. The molecule has 1 aromatic carbocycles. The second-order valence-electron chi connectivity index (χ2n) is 4.01. The van der Waals surface area contributed by atoms with Crippen molar-refractivity contribution in [3.8, 4) is 0 Å². The van der Waals surface area contributed by atoms with Crippen molar-refractivity contribution < 1.29 is 5.11 Å². The lowest BCUT2D eigenvalue weighted by Crippen LogP contribution is -2.14. The molecule has 5 nitrogen and oxygen atoms in total. The molecule has 0 unspecified atom stereocenters. The number of aromatic nitrogens is 2. The molecular weight excluding hydrogens is 216 g/mol. The van der Waals surface area contributed by atoms with E-state index in [0.717, 1.165) is 11.0 Å². The van der Waals surface area contributed by atoms with E-state index < -0.39 is 0 Å². The minimum absolute atomic E-state index is 0.181. The van der Waals surface area contributed by atoms with Crippen LogP contribution in [0.1, 0.15) is 5.82 Å². The lowest BCUT2D eigenvalue weighted by atomic mass is 10.2. The van der Waals surface area contributed by atoms with Gasteiger partial charge in [0.25, 0.3) is 0 Å². The molecule has 1 aliphatic heterocycles. The zero-order chi connectivity index (χ0) is 12.0. The predicted molar refractivity (Wildman–Crippen MR) is 66.8 cm³/mol. The van der Waals surface area contributed by atoms with E-state index in [1.807, 2.05) is 35.9 Å². The van der Waals surface area contributed by atoms with Crippen molar-refractivity contribution in [1.82, 2.24) is 9.55 Å². The molecule has 0 bridgehead atoms. The molecule has 0 amide bonds. The van der Waals surface area contributed by atoms with Crippen molar-refractivity contribution in [1.29, 1.82) is 0 Å². The topological polar surface area (TPSA) is 76.4 Å². The summed E-state index contributed by atoms with van der Waals surface area (Å²) in [4.78, 5) is 8.48. The van der Waals surface area contributed by atoms with Crippen LogP contribution >= 0.6 is 0 Å². The first-order valence-electron chi connectivity index (χ1n) is 5.32. The Labute approximate surface area is 97.9 Å². The van der Waals surface area contributed by atoms with Gasteiger partial charge in [-0.15, -0.1) is 0 Å². The molecular formula is C12H12N4O. The van der Waals surface area contributed by atoms with Crippen molar-refractivity contribution >= 4 is 22.4 Å². The summed E-state index contributed by atoms with van der Waals surface area (Å²) in [6.07, 6.45) is 0. The molecule has 2 heterocycles. The SMILES string of the molecule is Cn1c(C2=C(O)CN=C2N)nc2ccccc21. The first-order chi connectivity index (χ1) is 8.18. The van der Waals surface area contributed by atoms with Crippen LogP contribution in [0.5, 0.6) is 0 Å². The van der Waals surface area contributed by atoms with Crippen molar-refractivity contribution in [2.75, 3.05) is 6.54 Å². The van der Waals surface area contributed by atoms with Gasteiger partial charge in [0.15, 0.2) is 0 Å². The van der Waals surface area contributed by atoms with Gasteiger partial charge < -0.3 is 15.4 Å². The zero-order valence-corrected chi connectivity index (χ0v) is 9.38. The zero-order valence-electron chi connectivity index (χ0n) is 9.38. The van der Waals surface area contributed by atoms with E-state index in [2.05, 4.69) is 9.98 Å². The number of hydrogen-bond acceptors (Lipinski definition) is 4. The Hall–Kier alpha value is -2.30. The predicted octanol–water partition coefficient (Wildman–Crippen LogP) is 1.21. The molecule has 17 heavy (non-hydrogen) atoms. The van der Waals surface area contributed by atoms with Gasteiger partial charge in [0, 0.05) is 7.05 Å². The van der Waals surface area contributed by atoms with Crippen molar-refractivity contribution in [2.24, 2.45) is 17.8 Å². The average Bonchev–Trinajstić information content (AvgIpc) is 2.82. The number of hydrogen-bond donors (Lipinski definition) is 2. The summed E-state index contributed by atoms with van der Waals surface area (Å²) in [5.74, 6) is 1.18. The second-order valence-corrected chi connectivity index (χ2v) is 4.01. The fraction of sp³-hybridized carbons (Fsp3) is 0.167. The third-order valence-corrected chi connectivity index (χ3v) is 2.95. The van der Waals surface area contributed by atoms with Crippen LogP contribution in [-0.4, -0.2) is 27.0 Å². The van der Waals surface area contributed by atoms with E-state index >= 15 is 0 Å². The van der Waals surface area contributed by atoms with Gasteiger partial charge in [-0.2, -0.15) is 0 Å². The summed E-state index contributed by atoms with van der Waals surface area (Å²) >= 11 is 0. The number of aliphatic hydroxyl groups excluding tert-OH is 1. The second kappa shape index (κ2) is 3.35. The fourth-order valence-electron chi connectivity index (χ4n) is 2.08. The Morgan fingerprint density at radius 3 is 2.76 bits per heavy atom. The van der Waals surface area contributed by atoms with Gasteiger partial charge in [-0.05, 0) is 12.1 Å². The molecule has 0 radical (unpaired) electrons. The Balaban J connectivity index is 2.29. The van der Waals surface area contributed by atoms with Crippen LogP contribution in [0.25, 0.3) is 16.6 Å². The summed E-state index contributed by atoms with van der Waals surface area (Å²) in [7, 11) is 1.90. The molecule has 1 aliphatic rings. The summed E-state index contributed by atoms with van der Waals surface area (Å²) in [5, 5.41) is 9.79. The molecule has 2 aromatic rings. The summed E-state index contributed by atoms with van der Waals surface area (Å²) in [6.45, 7) is 0.240. The Morgan fingerprint density at radius 1 is 1.35 bits per heavy atom. The van der Waals surface area contributed by atoms with Crippen LogP contribution in [0.15, 0.2) is 35.0 Å². The van der Waals surface area contributed by atoms with Gasteiger partial charge >= 0.3 is 0 Å². The van der Waals surface area contributed by atoms with Gasteiger partial charge in [0.2, 0.25) is 0 Å². The van der Waals surface area contributed by atoms with Crippen LogP contribution in [-0.2, 0) is 7.05 Å². The molecule has 3 rings (SSSR count). The molecule has 5 heteroatoms. The van der Waals surface area contributed by atoms with E-state index in [0.29, 0.717) is 17.2 Å². The first-order valence-corrected chi connectivity index (χ1v) is 5.32. The third-order valence-electron chi connectivity index (χ3n) is 2.95. The molecule has 0 aliphatic carbocycles. The number of aliphatic hydroxyl groups is 1. The minimum Gasteiger partial charge on any atom is -0.509 e. The van der Waals surface area contributed by atoms with E-state index in [9.17, 15) is 5.11 Å². The maximum atomic E-state index is 9.79. The number of imidazole rings is 1. The Bertz CT molecular complexity index is 666. The Kier molecular flexibility index (Phi) is 1.95. The van der Waals surface area contributed by atoms with Crippen LogP contribution in [0.4, 0.5) is 0 Å². The van der Waals surface area contributed by atoms with Crippen molar-refractivity contribution in [3.63, 3.8) is 0 Å². The molecule has 1 aromatic heterocycles. The number of nitrogens with zero attached hydrogens (tertiary/aromatic N) is 3. The van der Waals surface area contributed by atoms with Crippen LogP contribution in [0, 0.1) is 0 Å². The molecule has 0 atom stereocenters.